The van der Waals surface area contributed by atoms with Crippen LogP contribution in [-0.4, -0.2) is 16.6 Å². The van der Waals surface area contributed by atoms with Gasteiger partial charge in [-0.2, -0.15) is 5.10 Å². The van der Waals surface area contributed by atoms with E-state index < -0.39 is 0 Å². The summed E-state index contributed by atoms with van der Waals surface area (Å²) >= 11 is 0. The van der Waals surface area contributed by atoms with Gasteiger partial charge in [-0.15, -0.1) is 0 Å². The number of carbonyl (C=O) groups excluding carboxylic acids is 1. The van der Waals surface area contributed by atoms with E-state index in [9.17, 15) is 4.79 Å². The van der Waals surface area contributed by atoms with Crippen LogP contribution >= 0.6 is 0 Å². The molecule has 1 heterocycles. The fraction of sp³-hybridized carbons (Fsp3) is 0.350. The highest BCUT2D eigenvalue weighted by Crippen LogP contribution is 2.32. The third-order valence-corrected chi connectivity index (χ3v) is 4.65. The van der Waals surface area contributed by atoms with Gasteiger partial charge in [0.15, 0.2) is 0 Å². The predicted octanol–water partition coefficient (Wildman–Crippen LogP) is 4.28. The van der Waals surface area contributed by atoms with E-state index in [1.165, 1.54) is 43.9 Å². The first-order valence-electron chi connectivity index (χ1n) is 8.59. The minimum Gasteiger partial charge on any atom is -0.267 e. The third kappa shape index (κ3) is 4.07. The lowest BCUT2D eigenvalue weighted by Gasteiger charge is -2.22. The molecule has 1 amide bonds. The highest BCUT2D eigenvalue weighted by Gasteiger charge is 2.15. The molecule has 4 nitrogen and oxygen atoms in total. The lowest BCUT2D eigenvalue weighted by Crippen LogP contribution is -2.19. The minimum absolute atomic E-state index is 0.249. The van der Waals surface area contributed by atoms with Crippen LogP contribution in [0, 0.1) is 0 Å². The van der Waals surface area contributed by atoms with E-state index in [0.717, 1.165) is 11.3 Å². The molecule has 1 aliphatic carbocycles. The Bertz CT molecular complexity index is 701. The fourth-order valence-corrected chi connectivity index (χ4v) is 3.19. The van der Waals surface area contributed by atoms with Crippen LogP contribution in [0.15, 0.2) is 53.9 Å². The second kappa shape index (κ2) is 7.86. The number of amides is 1. The molecule has 0 unspecified atom stereocenters. The normalized spacial score (nSPS) is 16.0. The lowest BCUT2D eigenvalue weighted by atomic mass is 9.84. The van der Waals surface area contributed by atoms with E-state index in [0.29, 0.717) is 11.5 Å². The first-order valence-corrected chi connectivity index (χ1v) is 8.59. The summed E-state index contributed by atoms with van der Waals surface area (Å²) in [5.74, 6) is 0.455. The van der Waals surface area contributed by atoms with Gasteiger partial charge >= 0.3 is 0 Å². The van der Waals surface area contributed by atoms with Crippen molar-refractivity contribution in [3.8, 4) is 0 Å². The average Bonchev–Trinajstić information content (AvgIpc) is 2.67. The van der Waals surface area contributed by atoms with Gasteiger partial charge < -0.3 is 0 Å². The Morgan fingerprint density at radius 2 is 1.83 bits per heavy atom. The van der Waals surface area contributed by atoms with E-state index in [2.05, 4.69) is 39.8 Å². The van der Waals surface area contributed by atoms with Crippen LogP contribution in [0.25, 0.3) is 0 Å². The van der Waals surface area contributed by atoms with Crippen LogP contribution in [0.3, 0.4) is 0 Å². The van der Waals surface area contributed by atoms with Gasteiger partial charge in [-0.1, -0.05) is 43.5 Å². The van der Waals surface area contributed by atoms with Crippen molar-refractivity contribution in [1.29, 1.82) is 0 Å². The molecular formula is C20H23N3O. The maximum atomic E-state index is 12.0. The largest absolute Gasteiger partial charge is 0.272 e. The zero-order valence-corrected chi connectivity index (χ0v) is 14.0. The zero-order chi connectivity index (χ0) is 16.8. The molecule has 1 aliphatic rings. The van der Waals surface area contributed by atoms with Gasteiger partial charge in [0.1, 0.15) is 0 Å². The van der Waals surface area contributed by atoms with Crippen LogP contribution in [0.2, 0.25) is 0 Å². The number of benzene rings is 1. The number of hydrazone groups is 1. The number of nitrogens with one attached hydrogen (secondary N) is 1. The summed E-state index contributed by atoms with van der Waals surface area (Å²) in [6.45, 7) is 1.90. The van der Waals surface area contributed by atoms with E-state index in [1.807, 2.05) is 6.92 Å². The number of carbonyl (C=O) groups is 1. The molecule has 1 saturated carbocycles. The molecule has 1 fully saturated rings. The first kappa shape index (κ1) is 16.4. The van der Waals surface area contributed by atoms with Crippen molar-refractivity contribution in [3.05, 3.63) is 65.5 Å². The zero-order valence-electron chi connectivity index (χ0n) is 14.0. The Kier molecular flexibility index (Phi) is 5.36. The molecule has 0 radical (unpaired) electrons. The van der Waals surface area contributed by atoms with Crippen molar-refractivity contribution in [1.82, 2.24) is 10.4 Å². The molecule has 124 valence electrons. The number of hydrogen-bond donors (Lipinski definition) is 1. The molecule has 24 heavy (non-hydrogen) atoms. The topological polar surface area (TPSA) is 54.4 Å². The fourth-order valence-electron chi connectivity index (χ4n) is 3.19. The van der Waals surface area contributed by atoms with Gasteiger partial charge in [0, 0.05) is 12.4 Å². The van der Waals surface area contributed by atoms with Gasteiger partial charge in [0.2, 0.25) is 0 Å². The Hall–Kier alpha value is -2.49. The predicted molar refractivity (Wildman–Crippen MR) is 96.2 cm³/mol. The smallest absolute Gasteiger partial charge is 0.267 e. The summed E-state index contributed by atoms with van der Waals surface area (Å²) in [4.78, 5) is 15.9. The quantitative estimate of drug-likeness (QED) is 0.675. The summed E-state index contributed by atoms with van der Waals surface area (Å²) in [5, 5.41) is 4.20. The summed E-state index contributed by atoms with van der Waals surface area (Å²) in [6.07, 6.45) is 9.82. The van der Waals surface area contributed by atoms with Gasteiger partial charge in [0.25, 0.3) is 5.91 Å². The van der Waals surface area contributed by atoms with E-state index in [4.69, 9.17) is 0 Å². The SMILES string of the molecule is CC(=NNC(=O)c1cccnc1)c1ccc(C2CCCCC2)cc1. The molecule has 4 heteroatoms. The standard InChI is InChI=1S/C20H23N3O/c1-15(22-23-20(24)19-8-5-13-21-14-19)16-9-11-18(12-10-16)17-6-3-2-4-7-17/h5,8-14,17H,2-4,6-7H2,1H3,(H,23,24). The van der Waals surface area contributed by atoms with Crippen LogP contribution in [0.4, 0.5) is 0 Å². The van der Waals surface area contributed by atoms with E-state index in [1.54, 1.807) is 18.3 Å². The molecule has 2 aromatic rings. The number of rotatable bonds is 4. The lowest BCUT2D eigenvalue weighted by molar-refractivity contribution is 0.0954. The number of hydrogen-bond acceptors (Lipinski definition) is 3. The average molecular weight is 321 g/mol. The molecule has 1 aromatic heterocycles. The van der Waals surface area contributed by atoms with Crippen molar-refractivity contribution in [2.75, 3.05) is 0 Å². The molecule has 0 spiro atoms. The highest BCUT2D eigenvalue weighted by atomic mass is 16.2. The molecule has 0 saturated heterocycles. The van der Waals surface area contributed by atoms with Crippen molar-refractivity contribution in [3.63, 3.8) is 0 Å². The molecule has 0 bridgehead atoms. The summed E-state index contributed by atoms with van der Waals surface area (Å²) < 4.78 is 0. The number of pyridine rings is 1. The van der Waals surface area contributed by atoms with Crippen molar-refractivity contribution in [2.24, 2.45) is 5.10 Å². The van der Waals surface area contributed by atoms with Crippen molar-refractivity contribution < 1.29 is 4.79 Å². The van der Waals surface area contributed by atoms with Crippen LogP contribution < -0.4 is 5.43 Å². The number of nitrogens with zero attached hydrogens (tertiary/aromatic N) is 2. The molecular weight excluding hydrogens is 298 g/mol. The molecule has 1 aromatic carbocycles. The van der Waals surface area contributed by atoms with E-state index >= 15 is 0 Å². The van der Waals surface area contributed by atoms with Crippen LogP contribution in [0.1, 0.15) is 66.4 Å². The Labute approximate surface area is 143 Å². The Morgan fingerprint density at radius 1 is 1.08 bits per heavy atom. The summed E-state index contributed by atoms with van der Waals surface area (Å²) in [7, 11) is 0. The third-order valence-electron chi connectivity index (χ3n) is 4.65. The highest BCUT2D eigenvalue weighted by molar-refractivity contribution is 6.00. The summed E-state index contributed by atoms with van der Waals surface area (Å²) in [6, 6.07) is 12.0. The van der Waals surface area contributed by atoms with Gasteiger partial charge in [-0.05, 0) is 48.9 Å². The second-order valence-corrected chi connectivity index (χ2v) is 6.34. The summed E-state index contributed by atoms with van der Waals surface area (Å²) in [5.41, 5.74) is 6.33. The molecule has 3 rings (SSSR count). The molecule has 1 N–H and O–H groups in total. The van der Waals surface area contributed by atoms with E-state index in [-0.39, 0.29) is 5.91 Å². The van der Waals surface area contributed by atoms with Gasteiger partial charge in [-0.3, -0.25) is 9.78 Å². The maximum Gasteiger partial charge on any atom is 0.272 e. The van der Waals surface area contributed by atoms with Gasteiger partial charge in [0.05, 0.1) is 11.3 Å². The Balaban J connectivity index is 1.64. The second-order valence-electron chi connectivity index (χ2n) is 6.34. The van der Waals surface area contributed by atoms with Crippen molar-refractivity contribution in [2.45, 2.75) is 44.9 Å². The Morgan fingerprint density at radius 3 is 2.50 bits per heavy atom. The molecule has 0 aliphatic heterocycles. The number of aromatic nitrogens is 1. The van der Waals surface area contributed by atoms with Crippen LogP contribution in [-0.2, 0) is 0 Å². The minimum atomic E-state index is -0.249. The monoisotopic (exact) mass is 321 g/mol. The first-order chi connectivity index (χ1) is 11.7. The maximum absolute atomic E-state index is 12.0. The molecule has 0 atom stereocenters. The van der Waals surface area contributed by atoms with Gasteiger partial charge in [-0.25, -0.2) is 5.43 Å². The van der Waals surface area contributed by atoms with Crippen LogP contribution in [0.5, 0.6) is 0 Å². The van der Waals surface area contributed by atoms with Crippen molar-refractivity contribution >= 4 is 11.6 Å².